The maximum absolute atomic E-state index is 5.46. The molecular weight excluding hydrogens is 116 g/mol. The highest BCUT2D eigenvalue weighted by Crippen LogP contribution is 2.34. The quantitative estimate of drug-likeness (QED) is 0.487. The van der Waals surface area contributed by atoms with Crippen molar-refractivity contribution in [3.63, 3.8) is 0 Å². The van der Waals surface area contributed by atoms with E-state index in [0.717, 1.165) is 6.61 Å². The summed E-state index contributed by atoms with van der Waals surface area (Å²) >= 11 is 0. The van der Waals surface area contributed by atoms with E-state index in [9.17, 15) is 0 Å². The van der Waals surface area contributed by atoms with Crippen LogP contribution in [0.4, 0.5) is 0 Å². The molecule has 2 saturated heterocycles. The van der Waals surface area contributed by atoms with Gasteiger partial charge in [-0.15, -0.1) is 0 Å². The third kappa shape index (κ3) is 0.864. The lowest BCUT2D eigenvalue weighted by molar-refractivity contribution is -0.112. The van der Waals surface area contributed by atoms with Crippen LogP contribution in [0, 0.1) is 5.92 Å². The molecule has 3 atom stereocenters. The number of rotatable bonds is 0. The summed E-state index contributed by atoms with van der Waals surface area (Å²) in [6.45, 7) is 3.02. The molecule has 2 rings (SSSR count). The van der Waals surface area contributed by atoms with Crippen LogP contribution in [0.15, 0.2) is 0 Å². The van der Waals surface area contributed by atoms with Crippen LogP contribution in [-0.2, 0) is 9.47 Å². The second-order valence-electron chi connectivity index (χ2n) is 2.97. The largest absolute Gasteiger partial charge is 0.352 e. The first-order valence-electron chi connectivity index (χ1n) is 3.63. The van der Waals surface area contributed by atoms with Crippen LogP contribution in [0.5, 0.6) is 0 Å². The van der Waals surface area contributed by atoms with Crippen molar-refractivity contribution in [2.45, 2.75) is 32.2 Å². The summed E-state index contributed by atoms with van der Waals surface area (Å²) in [5, 5.41) is 0. The number of hydrogen-bond donors (Lipinski definition) is 0. The zero-order chi connectivity index (χ0) is 6.27. The number of fused-ring (bicyclic) bond motifs is 1. The lowest BCUT2D eigenvalue weighted by Crippen LogP contribution is -2.10. The molecular formula is C7H12O2. The second-order valence-corrected chi connectivity index (χ2v) is 2.97. The van der Waals surface area contributed by atoms with Crippen molar-refractivity contribution in [3.8, 4) is 0 Å². The molecule has 0 aromatic heterocycles. The topological polar surface area (TPSA) is 18.5 Å². The van der Waals surface area contributed by atoms with Crippen LogP contribution >= 0.6 is 0 Å². The highest BCUT2D eigenvalue weighted by atomic mass is 16.7. The predicted molar refractivity (Wildman–Crippen MR) is 33.0 cm³/mol. The van der Waals surface area contributed by atoms with Crippen molar-refractivity contribution in [3.05, 3.63) is 0 Å². The maximum atomic E-state index is 5.46. The molecule has 0 N–H and O–H groups in total. The van der Waals surface area contributed by atoms with Crippen LogP contribution in [0.3, 0.4) is 0 Å². The Morgan fingerprint density at radius 3 is 3.11 bits per heavy atom. The summed E-state index contributed by atoms with van der Waals surface area (Å²) in [7, 11) is 0. The van der Waals surface area contributed by atoms with Gasteiger partial charge in [0.1, 0.15) is 0 Å². The van der Waals surface area contributed by atoms with Gasteiger partial charge in [-0.1, -0.05) is 0 Å². The summed E-state index contributed by atoms with van der Waals surface area (Å²) < 4.78 is 10.8. The average molecular weight is 128 g/mol. The highest BCUT2D eigenvalue weighted by Gasteiger charge is 2.37. The van der Waals surface area contributed by atoms with Gasteiger partial charge in [-0.05, 0) is 19.8 Å². The summed E-state index contributed by atoms with van der Waals surface area (Å²) in [4.78, 5) is 0. The molecule has 2 nitrogen and oxygen atoms in total. The summed E-state index contributed by atoms with van der Waals surface area (Å²) in [5.41, 5.74) is 0. The van der Waals surface area contributed by atoms with Crippen LogP contribution in [0.2, 0.25) is 0 Å². The third-order valence-electron chi connectivity index (χ3n) is 2.16. The Kier molecular flexibility index (Phi) is 1.24. The van der Waals surface area contributed by atoms with Gasteiger partial charge < -0.3 is 9.47 Å². The van der Waals surface area contributed by atoms with Gasteiger partial charge in [0.25, 0.3) is 0 Å². The van der Waals surface area contributed by atoms with Gasteiger partial charge in [0.15, 0.2) is 6.29 Å². The van der Waals surface area contributed by atoms with Crippen molar-refractivity contribution in [2.75, 3.05) is 6.61 Å². The first-order chi connectivity index (χ1) is 4.36. The van der Waals surface area contributed by atoms with Gasteiger partial charge in [0, 0.05) is 5.92 Å². The van der Waals surface area contributed by atoms with Crippen molar-refractivity contribution in [2.24, 2.45) is 5.92 Å². The Bertz CT molecular complexity index is 101. The van der Waals surface area contributed by atoms with Crippen molar-refractivity contribution >= 4 is 0 Å². The first-order valence-corrected chi connectivity index (χ1v) is 3.63. The maximum Gasteiger partial charge on any atom is 0.160 e. The fourth-order valence-electron chi connectivity index (χ4n) is 1.70. The summed E-state index contributed by atoms with van der Waals surface area (Å²) in [6.07, 6.45) is 2.99. The molecule has 2 fully saturated rings. The number of ether oxygens (including phenoxy) is 2. The second kappa shape index (κ2) is 1.96. The van der Waals surface area contributed by atoms with E-state index in [1.165, 1.54) is 12.8 Å². The molecule has 0 aromatic rings. The fourth-order valence-corrected chi connectivity index (χ4v) is 1.70. The minimum atomic E-state index is 0.153. The van der Waals surface area contributed by atoms with Crippen molar-refractivity contribution in [1.82, 2.24) is 0 Å². The van der Waals surface area contributed by atoms with Crippen LogP contribution < -0.4 is 0 Å². The van der Waals surface area contributed by atoms with E-state index in [4.69, 9.17) is 9.47 Å². The minimum absolute atomic E-state index is 0.153. The van der Waals surface area contributed by atoms with E-state index in [1.54, 1.807) is 0 Å². The zero-order valence-corrected chi connectivity index (χ0v) is 5.67. The van der Waals surface area contributed by atoms with Crippen molar-refractivity contribution in [1.29, 1.82) is 0 Å². The lowest BCUT2D eigenvalue weighted by Gasteiger charge is -2.06. The Labute approximate surface area is 55.1 Å². The molecule has 2 heterocycles. The standard InChI is InChI=1S/C7H12O2/c1-5-4-6-2-3-8-7(6)9-5/h5-7H,2-4H2,1H3/t5-,6?,7?/m1/s1. The molecule has 2 unspecified atom stereocenters. The zero-order valence-electron chi connectivity index (χ0n) is 5.67. The minimum Gasteiger partial charge on any atom is -0.352 e. The van der Waals surface area contributed by atoms with Crippen LogP contribution in [0.25, 0.3) is 0 Å². The Morgan fingerprint density at radius 1 is 1.44 bits per heavy atom. The monoisotopic (exact) mass is 128 g/mol. The first kappa shape index (κ1) is 5.69. The van der Waals surface area contributed by atoms with Gasteiger partial charge in [0.05, 0.1) is 12.7 Å². The normalized spacial score (nSPS) is 49.7. The van der Waals surface area contributed by atoms with Crippen LogP contribution in [-0.4, -0.2) is 19.0 Å². The van der Waals surface area contributed by atoms with Gasteiger partial charge in [0.2, 0.25) is 0 Å². The lowest BCUT2D eigenvalue weighted by atomic mass is 10.0. The SMILES string of the molecule is C[C@@H]1CC2CCOC2O1. The highest BCUT2D eigenvalue weighted by molar-refractivity contribution is 4.78. The summed E-state index contributed by atoms with van der Waals surface area (Å²) in [6, 6.07) is 0. The van der Waals surface area contributed by atoms with E-state index >= 15 is 0 Å². The predicted octanol–water partition coefficient (Wildman–Crippen LogP) is 1.16. The molecule has 9 heavy (non-hydrogen) atoms. The Hall–Kier alpha value is -0.0800. The molecule has 2 aliphatic rings. The van der Waals surface area contributed by atoms with Gasteiger partial charge in [-0.2, -0.15) is 0 Å². The van der Waals surface area contributed by atoms with Gasteiger partial charge in [-0.25, -0.2) is 0 Å². The molecule has 0 radical (unpaired) electrons. The van der Waals surface area contributed by atoms with E-state index in [0.29, 0.717) is 12.0 Å². The van der Waals surface area contributed by atoms with Gasteiger partial charge in [-0.3, -0.25) is 0 Å². The summed E-state index contributed by atoms with van der Waals surface area (Å²) in [5.74, 6) is 0.708. The molecule has 52 valence electrons. The fraction of sp³-hybridized carbons (Fsp3) is 1.00. The molecule has 2 aliphatic heterocycles. The van der Waals surface area contributed by atoms with E-state index in [1.807, 2.05) is 0 Å². The van der Waals surface area contributed by atoms with E-state index < -0.39 is 0 Å². The molecule has 0 spiro atoms. The smallest absolute Gasteiger partial charge is 0.160 e. The Balaban J connectivity index is 2.02. The third-order valence-corrected chi connectivity index (χ3v) is 2.16. The molecule has 2 heteroatoms. The number of hydrogen-bond acceptors (Lipinski definition) is 2. The Morgan fingerprint density at radius 2 is 2.33 bits per heavy atom. The van der Waals surface area contributed by atoms with Crippen molar-refractivity contribution < 1.29 is 9.47 Å². The molecule has 0 aliphatic carbocycles. The molecule has 0 amide bonds. The van der Waals surface area contributed by atoms with Crippen LogP contribution in [0.1, 0.15) is 19.8 Å². The average Bonchev–Trinajstić information content (AvgIpc) is 2.22. The van der Waals surface area contributed by atoms with Gasteiger partial charge >= 0.3 is 0 Å². The molecule has 0 saturated carbocycles. The van der Waals surface area contributed by atoms with E-state index in [-0.39, 0.29) is 6.29 Å². The molecule has 0 aromatic carbocycles. The molecule has 0 bridgehead atoms. The van der Waals surface area contributed by atoms with E-state index in [2.05, 4.69) is 6.92 Å².